The minimum absolute atomic E-state index is 0.133. The van der Waals surface area contributed by atoms with Crippen molar-refractivity contribution in [2.24, 2.45) is 5.41 Å². The first-order chi connectivity index (χ1) is 7.65. The predicted octanol–water partition coefficient (Wildman–Crippen LogP) is 1.93. The lowest BCUT2D eigenvalue weighted by Crippen LogP contribution is -2.30. The van der Waals surface area contributed by atoms with Crippen molar-refractivity contribution in [1.29, 1.82) is 0 Å². The van der Waals surface area contributed by atoms with E-state index in [1.54, 1.807) is 12.1 Å². The minimum atomic E-state index is -0.199. The summed E-state index contributed by atoms with van der Waals surface area (Å²) in [7, 11) is 0. The van der Waals surface area contributed by atoms with Gasteiger partial charge in [-0.2, -0.15) is 0 Å². The van der Waals surface area contributed by atoms with Crippen molar-refractivity contribution in [1.82, 2.24) is 5.32 Å². The molecule has 1 amide bonds. The third kappa shape index (κ3) is 2.65. The van der Waals surface area contributed by atoms with Crippen LogP contribution in [0.25, 0.3) is 0 Å². The first kappa shape index (κ1) is 11.7. The Hall–Kier alpha value is -0.810. The van der Waals surface area contributed by atoms with Crippen molar-refractivity contribution < 1.29 is 14.3 Å². The van der Waals surface area contributed by atoms with Gasteiger partial charge in [-0.05, 0) is 52.7 Å². The Morgan fingerprint density at radius 3 is 2.81 bits per heavy atom. The molecule has 88 valence electrons. The maximum Gasteiger partial charge on any atom is 0.287 e. The van der Waals surface area contributed by atoms with Crippen LogP contribution in [0.4, 0.5) is 0 Å². The van der Waals surface area contributed by atoms with E-state index in [0.29, 0.717) is 17.0 Å². The summed E-state index contributed by atoms with van der Waals surface area (Å²) in [6.07, 6.45) is 2.92. The number of rotatable bonds is 5. The summed E-state index contributed by atoms with van der Waals surface area (Å²) in [5, 5.41) is 11.7. The minimum Gasteiger partial charge on any atom is -0.444 e. The first-order valence-corrected chi connectivity index (χ1v) is 6.09. The van der Waals surface area contributed by atoms with Crippen LogP contribution in [-0.2, 0) is 0 Å². The van der Waals surface area contributed by atoms with Crippen molar-refractivity contribution in [3.8, 4) is 0 Å². The first-order valence-electron chi connectivity index (χ1n) is 5.30. The largest absolute Gasteiger partial charge is 0.444 e. The molecule has 1 aliphatic rings. The zero-order chi connectivity index (χ0) is 11.6. The molecule has 16 heavy (non-hydrogen) atoms. The summed E-state index contributed by atoms with van der Waals surface area (Å²) in [5.41, 5.74) is 0.133. The van der Waals surface area contributed by atoms with Gasteiger partial charge in [0.1, 0.15) is 0 Å². The summed E-state index contributed by atoms with van der Waals surface area (Å²) in [6.45, 7) is 0.798. The van der Waals surface area contributed by atoms with Gasteiger partial charge in [0.05, 0.1) is 0 Å². The van der Waals surface area contributed by atoms with E-state index in [9.17, 15) is 4.79 Å². The van der Waals surface area contributed by atoms with E-state index in [1.807, 2.05) is 0 Å². The molecule has 5 heteroatoms. The fourth-order valence-corrected chi connectivity index (χ4v) is 2.03. The number of nitrogens with one attached hydrogen (secondary N) is 1. The highest BCUT2D eigenvalue weighted by Gasteiger charge is 2.42. The number of carbonyl (C=O) groups excluding carboxylic acids is 1. The van der Waals surface area contributed by atoms with E-state index >= 15 is 0 Å². The third-order valence-corrected chi connectivity index (χ3v) is 3.45. The van der Waals surface area contributed by atoms with Gasteiger partial charge in [0.15, 0.2) is 10.4 Å². The van der Waals surface area contributed by atoms with Gasteiger partial charge in [0.2, 0.25) is 0 Å². The summed E-state index contributed by atoms with van der Waals surface area (Å²) in [6, 6.07) is 3.32. The van der Waals surface area contributed by atoms with Crippen LogP contribution in [0, 0.1) is 5.41 Å². The van der Waals surface area contributed by atoms with Gasteiger partial charge in [-0.1, -0.05) is 0 Å². The SMILES string of the molecule is O=C(NCC1(CCO)CC1)c1ccc(Br)o1. The van der Waals surface area contributed by atoms with Crippen LogP contribution < -0.4 is 5.32 Å². The molecule has 1 aromatic heterocycles. The maximum atomic E-state index is 11.6. The number of carbonyl (C=O) groups is 1. The molecule has 1 fully saturated rings. The second-order valence-corrected chi connectivity index (χ2v) is 5.04. The van der Waals surface area contributed by atoms with E-state index < -0.39 is 0 Å². The lowest BCUT2D eigenvalue weighted by molar-refractivity contribution is 0.0912. The van der Waals surface area contributed by atoms with Gasteiger partial charge in [-0.3, -0.25) is 4.79 Å². The summed E-state index contributed by atoms with van der Waals surface area (Å²) in [4.78, 5) is 11.6. The van der Waals surface area contributed by atoms with Crippen LogP contribution in [0.3, 0.4) is 0 Å². The lowest BCUT2D eigenvalue weighted by atomic mass is 10.0. The van der Waals surface area contributed by atoms with E-state index in [2.05, 4.69) is 21.2 Å². The van der Waals surface area contributed by atoms with Gasteiger partial charge < -0.3 is 14.8 Å². The molecule has 0 atom stereocenters. The van der Waals surface area contributed by atoms with Crippen molar-refractivity contribution in [2.45, 2.75) is 19.3 Å². The highest BCUT2D eigenvalue weighted by Crippen LogP contribution is 2.47. The molecule has 1 heterocycles. The number of aliphatic hydroxyl groups excluding tert-OH is 1. The van der Waals surface area contributed by atoms with Crippen molar-refractivity contribution >= 4 is 21.8 Å². The van der Waals surface area contributed by atoms with Crippen molar-refractivity contribution in [3.05, 3.63) is 22.6 Å². The Kier molecular flexibility index (Phi) is 3.35. The number of halogens is 1. The Bertz CT molecular complexity index is 384. The summed E-state index contributed by atoms with van der Waals surface area (Å²) >= 11 is 3.15. The van der Waals surface area contributed by atoms with Gasteiger partial charge in [0, 0.05) is 13.2 Å². The van der Waals surface area contributed by atoms with Crippen LogP contribution in [-0.4, -0.2) is 24.2 Å². The monoisotopic (exact) mass is 287 g/mol. The Morgan fingerprint density at radius 2 is 2.31 bits per heavy atom. The average molecular weight is 288 g/mol. The van der Waals surface area contributed by atoms with Gasteiger partial charge in [0.25, 0.3) is 5.91 Å². The molecular formula is C11H14BrNO3. The zero-order valence-corrected chi connectivity index (χ0v) is 10.4. The highest BCUT2D eigenvalue weighted by atomic mass is 79.9. The third-order valence-electron chi connectivity index (χ3n) is 3.02. The molecule has 0 saturated heterocycles. The van der Waals surface area contributed by atoms with E-state index in [1.165, 1.54) is 0 Å². The summed E-state index contributed by atoms with van der Waals surface area (Å²) < 4.78 is 5.70. The molecule has 0 radical (unpaired) electrons. The second kappa shape index (κ2) is 4.59. The van der Waals surface area contributed by atoms with Crippen LogP contribution in [0.2, 0.25) is 0 Å². The lowest BCUT2D eigenvalue weighted by Gasteiger charge is -2.13. The Balaban J connectivity index is 1.84. The Labute approximate surface area is 102 Å². The molecule has 2 rings (SSSR count). The molecule has 0 aliphatic heterocycles. The smallest absolute Gasteiger partial charge is 0.287 e. The molecule has 1 aliphatic carbocycles. The average Bonchev–Trinajstić information content (AvgIpc) is 2.89. The van der Waals surface area contributed by atoms with Gasteiger partial charge in [-0.15, -0.1) is 0 Å². The van der Waals surface area contributed by atoms with Crippen molar-refractivity contribution in [3.63, 3.8) is 0 Å². The number of amides is 1. The fourth-order valence-electron chi connectivity index (χ4n) is 1.72. The molecule has 0 aromatic carbocycles. The van der Waals surface area contributed by atoms with E-state index in [0.717, 1.165) is 19.3 Å². The maximum absolute atomic E-state index is 11.6. The normalized spacial score (nSPS) is 17.1. The number of hydrogen-bond acceptors (Lipinski definition) is 3. The molecule has 0 spiro atoms. The van der Waals surface area contributed by atoms with Crippen LogP contribution in [0.15, 0.2) is 21.2 Å². The molecule has 0 unspecified atom stereocenters. The zero-order valence-electron chi connectivity index (χ0n) is 8.83. The number of aliphatic hydroxyl groups is 1. The van der Waals surface area contributed by atoms with Gasteiger partial charge in [-0.25, -0.2) is 0 Å². The van der Waals surface area contributed by atoms with E-state index in [4.69, 9.17) is 9.52 Å². The number of furan rings is 1. The van der Waals surface area contributed by atoms with Crippen LogP contribution >= 0.6 is 15.9 Å². The standard InChI is InChI=1S/C11H14BrNO3/c12-9-2-1-8(16-9)10(15)13-7-11(3-4-11)5-6-14/h1-2,14H,3-7H2,(H,13,15). The quantitative estimate of drug-likeness (QED) is 0.870. The second-order valence-electron chi connectivity index (χ2n) is 4.26. The topological polar surface area (TPSA) is 62.5 Å². The molecule has 1 aromatic rings. The summed E-state index contributed by atoms with van der Waals surface area (Å²) in [5.74, 6) is 0.113. The highest BCUT2D eigenvalue weighted by molar-refractivity contribution is 9.10. The molecule has 2 N–H and O–H groups in total. The van der Waals surface area contributed by atoms with E-state index in [-0.39, 0.29) is 17.9 Å². The van der Waals surface area contributed by atoms with Crippen LogP contribution in [0.1, 0.15) is 29.8 Å². The molecular weight excluding hydrogens is 274 g/mol. The Morgan fingerprint density at radius 1 is 1.56 bits per heavy atom. The molecule has 0 bridgehead atoms. The molecule has 1 saturated carbocycles. The van der Waals surface area contributed by atoms with Crippen LogP contribution in [0.5, 0.6) is 0 Å². The predicted molar refractivity (Wildman–Crippen MR) is 62.1 cm³/mol. The van der Waals surface area contributed by atoms with Crippen molar-refractivity contribution in [2.75, 3.05) is 13.2 Å². The van der Waals surface area contributed by atoms with Gasteiger partial charge >= 0.3 is 0 Å². The fraction of sp³-hybridized carbons (Fsp3) is 0.545. The molecule has 4 nitrogen and oxygen atoms in total. The number of hydrogen-bond donors (Lipinski definition) is 2.